The Morgan fingerprint density at radius 2 is 2.12 bits per heavy atom. The Morgan fingerprint density at radius 3 is 2.88 bits per heavy atom. The standard InChI is InChI=1S/C12H17N3O/c16-8-11-10-2-1-3-12(10)15(14-11)9-4-6-13-7-5-9/h8-9,13H,1-7H2. The van der Waals surface area contributed by atoms with Crippen LogP contribution >= 0.6 is 0 Å². The molecule has 1 aromatic rings. The van der Waals surface area contributed by atoms with E-state index in [9.17, 15) is 4.79 Å². The third-order valence-corrected chi connectivity index (χ3v) is 3.76. The molecular formula is C12H17N3O. The van der Waals surface area contributed by atoms with Crippen molar-refractivity contribution in [1.82, 2.24) is 15.1 Å². The van der Waals surface area contributed by atoms with E-state index in [0.29, 0.717) is 11.7 Å². The monoisotopic (exact) mass is 219 g/mol. The Bertz CT molecular complexity index is 405. The topological polar surface area (TPSA) is 46.9 Å². The van der Waals surface area contributed by atoms with E-state index in [-0.39, 0.29) is 0 Å². The third kappa shape index (κ3) is 1.48. The zero-order chi connectivity index (χ0) is 11.0. The van der Waals surface area contributed by atoms with Crippen molar-refractivity contribution in [3.63, 3.8) is 0 Å². The zero-order valence-electron chi connectivity index (χ0n) is 9.41. The maximum absolute atomic E-state index is 11.0. The van der Waals surface area contributed by atoms with E-state index in [1.54, 1.807) is 0 Å². The number of carbonyl (C=O) groups excluding carboxylic acids is 1. The number of nitrogens with one attached hydrogen (secondary N) is 1. The van der Waals surface area contributed by atoms with Crippen LogP contribution < -0.4 is 5.32 Å². The summed E-state index contributed by atoms with van der Waals surface area (Å²) < 4.78 is 2.15. The fourth-order valence-corrected chi connectivity index (χ4v) is 2.94. The minimum absolute atomic E-state index is 0.502. The molecule has 4 nitrogen and oxygen atoms in total. The van der Waals surface area contributed by atoms with Gasteiger partial charge in [-0.05, 0) is 45.2 Å². The molecule has 0 atom stereocenters. The molecular weight excluding hydrogens is 202 g/mol. The number of nitrogens with zero attached hydrogens (tertiary/aromatic N) is 2. The molecule has 0 bridgehead atoms. The van der Waals surface area contributed by atoms with Gasteiger partial charge >= 0.3 is 0 Å². The Balaban J connectivity index is 1.97. The molecule has 1 aromatic heterocycles. The molecule has 1 N–H and O–H groups in total. The van der Waals surface area contributed by atoms with Crippen molar-refractivity contribution >= 4 is 6.29 Å². The van der Waals surface area contributed by atoms with Gasteiger partial charge < -0.3 is 5.32 Å². The van der Waals surface area contributed by atoms with Crippen LogP contribution in [0.2, 0.25) is 0 Å². The second kappa shape index (κ2) is 4.01. The predicted molar refractivity (Wildman–Crippen MR) is 60.8 cm³/mol. The van der Waals surface area contributed by atoms with Gasteiger partial charge in [0.15, 0.2) is 6.29 Å². The van der Waals surface area contributed by atoms with Gasteiger partial charge in [0, 0.05) is 11.3 Å². The lowest BCUT2D eigenvalue weighted by Gasteiger charge is -2.24. The van der Waals surface area contributed by atoms with E-state index in [0.717, 1.165) is 45.1 Å². The van der Waals surface area contributed by atoms with Gasteiger partial charge in [-0.1, -0.05) is 0 Å². The second-order valence-corrected chi connectivity index (χ2v) is 4.71. The SMILES string of the molecule is O=Cc1nn(C2CCNCC2)c2c1CCC2. The summed E-state index contributed by atoms with van der Waals surface area (Å²) in [6.45, 7) is 2.13. The van der Waals surface area contributed by atoms with E-state index in [4.69, 9.17) is 0 Å². The molecule has 86 valence electrons. The first-order valence-corrected chi connectivity index (χ1v) is 6.16. The second-order valence-electron chi connectivity index (χ2n) is 4.71. The zero-order valence-corrected chi connectivity index (χ0v) is 9.41. The minimum atomic E-state index is 0.502. The molecule has 4 heteroatoms. The van der Waals surface area contributed by atoms with Crippen LogP contribution in [0.15, 0.2) is 0 Å². The number of hydrogen-bond donors (Lipinski definition) is 1. The van der Waals surface area contributed by atoms with Crippen molar-refractivity contribution in [3.05, 3.63) is 17.0 Å². The van der Waals surface area contributed by atoms with Crippen molar-refractivity contribution < 1.29 is 4.79 Å². The van der Waals surface area contributed by atoms with Gasteiger partial charge in [0.25, 0.3) is 0 Å². The summed E-state index contributed by atoms with van der Waals surface area (Å²) in [5.41, 5.74) is 3.23. The molecule has 2 aliphatic rings. The van der Waals surface area contributed by atoms with Crippen LogP contribution in [0.25, 0.3) is 0 Å². The largest absolute Gasteiger partial charge is 0.317 e. The summed E-state index contributed by atoms with van der Waals surface area (Å²) in [6, 6.07) is 0.502. The Labute approximate surface area is 95.0 Å². The quantitative estimate of drug-likeness (QED) is 0.758. The van der Waals surface area contributed by atoms with E-state index < -0.39 is 0 Å². The highest BCUT2D eigenvalue weighted by atomic mass is 16.1. The first-order chi connectivity index (χ1) is 7.90. The molecule has 2 heterocycles. The highest BCUT2D eigenvalue weighted by molar-refractivity contribution is 5.75. The van der Waals surface area contributed by atoms with Crippen LogP contribution in [0, 0.1) is 0 Å². The fourth-order valence-electron chi connectivity index (χ4n) is 2.94. The molecule has 0 saturated carbocycles. The van der Waals surface area contributed by atoms with E-state index in [1.807, 2.05) is 0 Å². The van der Waals surface area contributed by atoms with Crippen molar-refractivity contribution in [3.8, 4) is 0 Å². The van der Waals surface area contributed by atoms with Gasteiger partial charge in [0.1, 0.15) is 5.69 Å². The number of fused-ring (bicyclic) bond motifs is 1. The Morgan fingerprint density at radius 1 is 1.31 bits per heavy atom. The van der Waals surface area contributed by atoms with Crippen LogP contribution in [0.1, 0.15) is 47.1 Å². The van der Waals surface area contributed by atoms with Crippen molar-refractivity contribution in [2.75, 3.05) is 13.1 Å². The maximum atomic E-state index is 11.0. The van der Waals surface area contributed by atoms with Crippen molar-refractivity contribution in [2.45, 2.75) is 38.1 Å². The molecule has 1 fully saturated rings. The van der Waals surface area contributed by atoms with Crippen LogP contribution in [0.5, 0.6) is 0 Å². The van der Waals surface area contributed by atoms with Gasteiger partial charge in [-0.2, -0.15) is 5.10 Å². The Hall–Kier alpha value is -1.16. The molecule has 0 aromatic carbocycles. The highest BCUT2D eigenvalue weighted by Gasteiger charge is 2.26. The first-order valence-electron chi connectivity index (χ1n) is 6.16. The normalized spacial score (nSPS) is 21.0. The van der Waals surface area contributed by atoms with Gasteiger partial charge in [-0.25, -0.2) is 0 Å². The summed E-state index contributed by atoms with van der Waals surface area (Å²) in [5, 5.41) is 7.86. The molecule has 1 aliphatic heterocycles. The first kappa shape index (κ1) is 10.0. The van der Waals surface area contributed by atoms with Gasteiger partial charge in [0.2, 0.25) is 0 Å². The number of hydrogen-bond acceptors (Lipinski definition) is 3. The van der Waals surface area contributed by atoms with Crippen LogP contribution in [0.3, 0.4) is 0 Å². The smallest absolute Gasteiger partial charge is 0.170 e. The molecule has 0 spiro atoms. The average Bonchev–Trinajstić information content (AvgIpc) is 2.91. The molecule has 0 radical (unpaired) electrons. The van der Waals surface area contributed by atoms with E-state index >= 15 is 0 Å². The highest BCUT2D eigenvalue weighted by Crippen LogP contribution is 2.29. The van der Waals surface area contributed by atoms with Gasteiger partial charge in [-0.3, -0.25) is 9.48 Å². The van der Waals surface area contributed by atoms with E-state index in [1.165, 1.54) is 17.7 Å². The molecule has 0 unspecified atom stereocenters. The molecule has 1 saturated heterocycles. The summed E-state index contributed by atoms with van der Waals surface area (Å²) in [7, 11) is 0. The maximum Gasteiger partial charge on any atom is 0.170 e. The van der Waals surface area contributed by atoms with Crippen molar-refractivity contribution in [2.24, 2.45) is 0 Å². The molecule has 1 aliphatic carbocycles. The van der Waals surface area contributed by atoms with Gasteiger partial charge in [0.05, 0.1) is 6.04 Å². The number of rotatable bonds is 2. The number of piperidine rings is 1. The minimum Gasteiger partial charge on any atom is -0.317 e. The number of carbonyl (C=O) groups is 1. The van der Waals surface area contributed by atoms with Crippen molar-refractivity contribution in [1.29, 1.82) is 0 Å². The summed E-state index contributed by atoms with van der Waals surface area (Å²) in [6.07, 6.45) is 6.49. The fraction of sp³-hybridized carbons (Fsp3) is 0.667. The average molecular weight is 219 g/mol. The number of aldehydes is 1. The Kier molecular flexibility index (Phi) is 2.52. The lowest BCUT2D eigenvalue weighted by atomic mass is 10.1. The molecule has 3 rings (SSSR count). The summed E-state index contributed by atoms with van der Waals surface area (Å²) >= 11 is 0. The summed E-state index contributed by atoms with van der Waals surface area (Å²) in [5.74, 6) is 0. The number of aromatic nitrogens is 2. The van der Waals surface area contributed by atoms with Gasteiger partial charge in [-0.15, -0.1) is 0 Å². The third-order valence-electron chi connectivity index (χ3n) is 3.76. The summed E-state index contributed by atoms with van der Waals surface area (Å²) in [4.78, 5) is 11.0. The lowest BCUT2D eigenvalue weighted by molar-refractivity contribution is 0.111. The van der Waals surface area contributed by atoms with Crippen LogP contribution in [-0.4, -0.2) is 29.2 Å². The van der Waals surface area contributed by atoms with Crippen LogP contribution in [-0.2, 0) is 12.8 Å². The molecule has 16 heavy (non-hydrogen) atoms. The predicted octanol–water partition coefficient (Wildman–Crippen LogP) is 1.11. The van der Waals surface area contributed by atoms with Crippen LogP contribution in [0.4, 0.5) is 0 Å². The van der Waals surface area contributed by atoms with E-state index in [2.05, 4.69) is 15.1 Å². The lowest BCUT2D eigenvalue weighted by Crippen LogP contribution is -2.30. The molecule has 0 amide bonds.